The summed E-state index contributed by atoms with van der Waals surface area (Å²) >= 11 is 1.91. The summed E-state index contributed by atoms with van der Waals surface area (Å²) in [4.78, 5) is 4.38. The third-order valence-electron chi connectivity index (χ3n) is 3.28. The van der Waals surface area contributed by atoms with Gasteiger partial charge in [0.1, 0.15) is 0 Å². The van der Waals surface area contributed by atoms with E-state index < -0.39 is 0 Å². The lowest BCUT2D eigenvalue weighted by Gasteiger charge is -2.16. The third-order valence-corrected chi connectivity index (χ3v) is 4.53. The van der Waals surface area contributed by atoms with Crippen LogP contribution in [0.15, 0.2) is 23.2 Å². The zero-order valence-electron chi connectivity index (χ0n) is 12.7. The highest BCUT2D eigenvalue weighted by Gasteiger charge is 2.11. The maximum atomic E-state index is 5.93. The van der Waals surface area contributed by atoms with E-state index in [0.717, 1.165) is 18.0 Å². The van der Waals surface area contributed by atoms with Crippen molar-refractivity contribution in [3.05, 3.63) is 29.3 Å². The molecule has 0 unspecified atom stereocenters. The van der Waals surface area contributed by atoms with Crippen molar-refractivity contribution in [3.8, 4) is 0 Å². The van der Waals surface area contributed by atoms with Gasteiger partial charge in [-0.1, -0.05) is 26.8 Å². The SMILES string of the molecule is CC(C)(C)SCCN=C(N)Nc1ccc2c(c1)CCC2. The summed E-state index contributed by atoms with van der Waals surface area (Å²) < 4.78 is 0.289. The molecule has 0 radical (unpaired) electrons. The Balaban J connectivity index is 1.83. The molecule has 20 heavy (non-hydrogen) atoms. The third kappa shape index (κ3) is 4.75. The quantitative estimate of drug-likeness (QED) is 0.507. The Kier molecular flexibility index (Phi) is 4.97. The van der Waals surface area contributed by atoms with Gasteiger partial charge in [0.25, 0.3) is 0 Å². The Morgan fingerprint density at radius 2 is 2.05 bits per heavy atom. The molecule has 0 saturated carbocycles. The maximum absolute atomic E-state index is 5.93. The van der Waals surface area contributed by atoms with Gasteiger partial charge in [-0.3, -0.25) is 4.99 Å². The lowest BCUT2D eigenvalue weighted by atomic mass is 10.1. The summed E-state index contributed by atoms with van der Waals surface area (Å²) in [6.45, 7) is 7.40. The predicted octanol–water partition coefficient (Wildman–Crippen LogP) is 3.43. The fourth-order valence-electron chi connectivity index (χ4n) is 2.35. The van der Waals surface area contributed by atoms with E-state index in [0.29, 0.717) is 5.96 Å². The van der Waals surface area contributed by atoms with E-state index in [1.807, 2.05) is 11.8 Å². The molecule has 0 amide bonds. The van der Waals surface area contributed by atoms with Crippen LogP contribution in [0, 0.1) is 0 Å². The van der Waals surface area contributed by atoms with E-state index in [4.69, 9.17) is 5.73 Å². The summed E-state index contributed by atoms with van der Waals surface area (Å²) in [5.74, 6) is 1.51. The second-order valence-electron chi connectivity index (χ2n) is 6.19. The van der Waals surface area contributed by atoms with Gasteiger partial charge in [0, 0.05) is 16.2 Å². The number of benzene rings is 1. The number of aryl methyl sites for hydroxylation is 2. The van der Waals surface area contributed by atoms with Gasteiger partial charge >= 0.3 is 0 Å². The molecule has 0 aliphatic heterocycles. The molecule has 3 N–H and O–H groups in total. The second kappa shape index (κ2) is 6.53. The summed E-state index contributed by atoms with van der Waals surface area (Å²) in [7, 11) is 0. The molecule has 110 valence electrons. The largest absolute Gasteiger partial charge is 0.370 e. The standard InChI is InChI=1S/C16H25N3S/c1-16(2,3)20-10-9-18-15(17)19-14-8-7-12-5-4-6-13(12)11-14/h7-8,11H,4-6,9-10H2,1-3H3,(H3,17,18,19). The number of rotatable bonds is 4. The van der Waals surface area contributed by atoms with Crippen molar-refractivity contribution in [1.29, 1.82) is 0 Å². The highest BCUT2D eigenvalue weighted by Crippen LogP contribution is 2.25. The summed E-state index contributed by atoms with van der Waals surface area (Å²) in [6.07, 6.45) is 3.67. The minimum absolute atomic E-state index is 0.289. The Bertz CT molecular complexity index is 489. The van der Waals surface area contributed by atoms with Crippen molar-refractivity contribution in [3.63, 3.8) is 0 Å². The molecule has 0 fully saturated rings. The predicted molar refractivity (Wildman–Crippen MR) is 90.8 cm³/mol. The lowest BCUT2D eigenvalue weighted by Crippen LogP contribution is -2.23. The first-order valence-corrected chi connectivity index (χ1v) is 8.25. The van der Waals surface area contributed by atoms with Gasteiger partial charge in [-0.05, 0) is 42.5 Å². The van der Waals surface area contributed by atoms with Crippen LogP contribution in [0.3, 0.4) is 0 Å². The first-order valence-electron chi connectivity index (χ1n) is 7.27. The Labute approximate surface area is 126 Å². The molecule has 0 spiro atoms. The number of thioether (sulfide) groups is 1. The number of aliphatic imine (C=N–C) groups is 1. The first-order chi connectivity index (χ1) is 9.44. The molecule has 2 rings (SSSR count). The maximum Gasteiger partial charge on any atom is 0.193 e. The number of anilines is 1. The van der Waals surface area contributed by atoms with Crippen molar-refractivity contribution < 1.29 is 0 Å². The molecule has 1 aliphatic rings. The molecule has 1 aromatic rings. The first kappa shape index (κ1) is 15.2. The van der Waals surface area contributed by atoms with Crippen LogP contribution >= 0.6 is 11.8 Å². The zero-order chi connectivity index (χ0) is 14.6. The van der Waals surface area contributed by atoms with E-state index in [1.165, 1.54) is 30.4 Å². The van der Waals surface area contributed by atoms with Gasteiger partial charge < -0.3 is 11.1 Å². The molecule has 1 aliphatic carbocycles. The monoisotopic (exact) mass is 291 g/mol. The molecule has 0 bridgehead atoms. The van der Waals surface area contributed by atoms with E-state index in [9.17, 15) is 0 Å². The van der Waals surface area contributed by atoms with Crippen LogP contribution in [0.4, 0.5) is 5.69 Å². The Morgan fingerprint density at radius 1 is 1.30 bits per heavy atom. The number of hydrogen-bond donors (Lipinski definition) is 2. The van der Waals surface area contributed by atoms with E-state index >= 15 is 0 Å². The van der Waals surface area contributed by atoms with Crippen molar-refractivity contribution in [1.82, 2.24) is 0 Å². The molecule has 0 atom stereocenters. The van der Waals surface area contributed by atoms with Crippen LogP contribution in [0.1, 0.15) is 38.3 Å². The van der Waals surface area contributed by atoms with Crippen LogP contribution in [0.2, 0.25) is 0 Å². The smallest absolute Gasteiger partial charge is 0.193 e. The number of hydrogen-bond acceptors (Lipinski definition) is 2. The summed E-state index contributed by atoms with van der Waals surface area (Å²) in [5, 5.41) is 3.19. The number of nitrogens with two attached hydrogens (primary N) is 1. The molecule has 3 nitrogen and oxygen atoms in total. The number of fused-ring (bicyclic) bond motifs is 1. The fraction of sp³-hybridized carbons (Fsp3) is 0.562. The second-order valence-corrected chi connectivity index (χ2v) is 8.11. The van der Waals surface area contributed by atoms with E-state index in [-0.39, 0.29) is 4.75 Å². The Morgan fingerprint density at radius 3 is 2.80 bits per heavy atom. The van der Waals surface area contributed by atoms with Gasteiger partial charge in [0.2, 0.25) is 0 Å². The molecular weight excluding hydrogens is 266 g/mol. The fourth-order valence-corrected chi connectivity index (χ4v) is 3.15. The van der Waals surface area contributed by atoms with Gasteiger partial charge in [-0.15, -0.1) is 0 Å². The molecule has 4 heteroatoms. The van der Waals surface area contributed by atoms with Crippen LogP contribution in [0.25, 0.3) is 0 Å². The normalized spacial score (nSPS) is 15.2. The van der Waals surface area contributed by atoms with E-state index in [2.05, 4.69) is 49.3 Å². The van der Waals surface area contributed by atoms with Crippen LogP contribution in [-0.4, -0.2) is 23.0 Å². The van der Waals surface area contributed by atoms with Crippen molar-refractivity contribution in [2.45, 2.75) is 44.8 Å². The molecule has 0 heterocycles. The minimum atomic E-state index is 0.289. The summed E-state index contributed by atoms with van der Waals surface area (Å²) in [6, 6.07) is 6.50. The molecule has 1 aromatic carbocycles. The van der Waals surface area contributed by atoms with Crippen LogP contribution in [-0.2, 0) is 12.8 Å². The van der Waals surface area contributed by atoms with Crippen LogP contribution < -0.4 is 11.1 Å². The van der Waals surface area contributed by atoms with Gasteiger partial charge in [-0.25, -0.2) is 0 Å². The highest BCUT2D eigenvalue weighted by molar-refractivity contribution is 8.00. The molecule has 0 aromatic heterocycles. The van der Waals surface area contributed by atoms with Crippen LogP contribution in [0.5, 0.6) is 0 Å². The molecular formula is C16H25N3S. The van der Waals surface area contributed by atoms with Crippen molar-refractivity contribution in [2.75, 3.05) is 17.6 Å². The average molecular weight is 291 g/mol. The number of guanidine groups is 1. The molecule has 0 saturated heterocycles. The summed E-state index contributed by atoms with van der Waals surface area (Å²) in [5.41, 5.74) is 9.91. The zero-order valence-corrected chi connectivity index (χ0v) is 13.5. The Hall–Kier alpha value is -1.16. The number of nitrogens with zero attached hydrogens (tertiary/aromatic N) is 1. The van der Waals surface area contributed by atoms with Gasteiger partial charge in [0.15, 0.2) is 5.96 Å². The van der Waals surface area contributed by atoms with Gasteiger partial charge in [-0.2, -0.15) is 11.8 Å². The number of nitrogens with one attached hydrogen (secondary N) is 1. The highest BCUT2D eigenvalue weighted by atomic mass is 32.2. The van der Waals surface area contributed by atoms with Gasteiger partial charge in [0.05, 0.1) is 6.54 Å². The topological polar surface area (TPSA) is 50.4 Å². The van der Waals surface area contributed by atoms with Crippen molar-refractivity contribution in [2.24, 2.45) is 10.7 Å². The average Bonchev–Trinajstić information content (AvgIpc) is 2.81. The minimum Gasteiger partial charge on any atom is -0.370 e. The van der Waals surface area contributed by atoms with E-state index in [1.54, 1.807) is 0 Å². The lowest BCUT2D eigenvalue weighted by molar-refractivity contribution is 0.802. The van der Waals surface area contributed by atoms with Crippen molar-refractivity contribution >= 4 is 23.4 Å².